The van der Waals surface area contributed by atoms with Crippen molar-refractivity contribution in [3.63, 3.8) is 0 Å². The third kappa shape index (κ3) is 2.95. The van der Waals surface area contributed by atoms with Crippen LogP contribution in [0, 0.1) is 11.6 Å². The lowest BCUT2D eigenvalue weighted by Crippen LogP contribution is -1.98. The summed E-state index contributed by atoms with van der Waals surface area (Å²) in [5, 5.41) is 0.0613. The summed E-state index contributed by atoms with van der Waals surface area (Å²) < 4.78 is 27.2. The van der Waals surface area contributed by atoms with Crippen LogP contribution in [-0.2, 0) is 0 Å². The first-order valence-corrected chi connectivity index (χ1v) is 6.22. The SMILES string of the molecule is Nc1nc(Sc2ccc(Br)cc2)c(F)cc1F. The van der Waals surface area contributed by atoms with E-state index in [-0.39, 0.29) is 10.8 Å². The zero-order chi connectivity index (χ0) is 12.4. The van der Waals surface area contributed by atoms with Gasteiger partial charge in [0.1, 0.15) is 5.03 Å². The van der Waals surface area contributed by atoms with Crippen LogP contribution in [0.1, 0.15) is 0 Å². The Hall–Kier alpha value is -1.14. The maximum Gasteiger partial charge on any atom is 0.168 e. The van der Waals surface area contributed by atoms with Crippen molar-refractivity contribution >= 4 is 33.5 Å². The van der Waals surface area contributed by atoms with Gasteiger partial charge in [0, 0.05) is 15.4 Å². The lowest BCUT2D eigenvalue weighted by molar-refractivity contribution is 0.552. The molecule has 0 spiro atoms. The van der Waals surface area contributed by atoms with Gasteiger partial charge in [0.25, 0.3) is 0 Å². The highest BCUT2D eigenvalue weighted by Crippen LogP contribution is 2.30. The second kappa shape index (κ2) is 5.01. The first-order valence-electron chi connectivity index (χ1n) is 4.61. The van der Waals surface area contributed by atoms with E-state index >= 15 is 0 Å². The van der Waals surface area contributed by atoms with E-state index in [4.69, 9.17) is 5.73 Å². The van der Waals surface area contributed by atoms with Crippen LogP contribution >= 0.6 is 27.7 Å². The number of anilines is 1. The summed E-state index contributed by atoms with van der Waals surface area (Å²) >= 11 is 4.39. The molecule has 0 aliphatic rings. The maximum atomic E-state index is 13.4. The van der Waals surface area contributed by atoms with E-state index in [1.165, 1.54) is 0 Å². The van der Waals surface area contributed by atoms with Gasteiger partial charge < -0.3 is 5.73 Å². The number of benzene rings is 1. The molecule has 0 aliphatic carbocycles. The molecular weight excluding hydrogens is 310 g/mol. The molecule has 2 aromatic rings. The summed E-state index contributed by atoms with van der Waals surface area (Å²) in [6.45, 7) is 0. The molecule has 0 unspecified atom stereocenters. The third-order valence-electron chi connectivity index (χ3n) is 1.95. The van der Waals surface area contributed by atoms with Crippen molar-refractivity contribution in [3.05, 3.63) is 46.4 Å². The molecule has 0 bridgehead atoms. The number of hydrogen-bond donors (Lipinski definition) is 1. The van der Waals surface area contributed by atoms with Crippen molar-refractivity contribution < 1.29 is 8.78 Å². The Bertz CT molecular complexity index is 546. The van der Waals surface area contributed by atoms with E-state index < -0.39 is 11.6 Å². The monoisotopic (exact) mass is 316 g/mol. The van der Waals surface area contributed by atoms with E-state index in [2.05, 4.69) is 20.9 Å². The largest absolute Gasteiger partial charge is 0.381 e. The average molecular weight is 317 g/mol. The first-order chi connectivity index (χ1) is 8.06. The molecule has 0 saturated carbocycles. The van der Waals surface area contributed by atoms with E-state index in [0.29, 0.717) is 0 Å². The normalized spacial score (nSPS) is 10.5. The minimum atomic E-state index is -0.845. The third-order valence-corrected chi connectivity index (χ3v) is 3.47. The van der Waals surface area contributed by atoms with Crippen LogP contribution in [-0.4, -0.2) is 4.98 Å². The maximum absolute atomic E-state index is 13.4. The molecule has 0 radical (unpaired) electrons. The zero-order valence-electron chi connectivity index (χ0n) is 8.45. The van der Waals surface area contributed by atoms with Gasteiger partial charge in [-0.2, -0.15) is 0 Å². The van der Waals surface area contributed by atoms with Crippen molar-refractivity contribution in [2.24, 2.45) is 0 Å². The van der Waals surface area contributed by atoms with Crippen molar-refractivity contribution in [2.45, 2.75) is 9.92 Å². The molecule has 17 heavy (non-hydrogen) atoms. The molecule has 2 rings (SSSR count). The molecule has 2 nitrogen and oxygen atoms in total. The smallest absolute Gasteiger partial charge is 0.168 e. The lowest BCUT2D eigenvalue weighted by atomic mass is 10.4. The molecule has 6 heteroatoms. The number of aromatic nitrogens is 1. The van der Waals surface area contributed by atoms with Crippen LogP contribution in [0.3, 0.4) is 0 Å². The summed E-state index contributed by atoms with van der Waals surface area (Å²) in [6, 6.07) is 7.99. The molecule has 0 atom stereocenters. The van der Waals surface area contributed by atoms with Crippen LogP contribution < -0.4 is 5.73 Å². The van der Waals surface area contributed by atoms with Gasteiger partial charge in [0.2, 0.25) is 0 Å². The van der Waals surface area contributed by atoms with Crippen molar-refractivity contribution in [2.75, 3.05) is 5.73 Å². The van der Waals surface area contributed by atoms with E-state index in [1.54, 1.807) is 12.1 Å². The van der Waals surface area contributed by atoms with Crippen LogP contribution in [0.2, 0.25) is 0 Å². The van der Waals surface area contributed by atoms with Gasteiger partial charge in [-0.1, -0.05) is 27.7 Å². The molecule has 1 heterocycles. The molecule has 0 fully saturated rings. The van der Waals surface area contributed by atoms with Crippen LogP contribution in [0.25, 0.3) is 0 Å². The summed E-state index contributed by atoms with van der Waals surface area (Å²) in [5.74, 6) is -1.86. The van der Waals surface area contributed by atoms with Crippen molar-refractivity contribution in [1.82, 2.24) is 4.98 Å². The molecule has 0 amide bonds. The molecular formula is C11H7BrF2N2S. The van der Waals surface area contributed by atoms with Gasteiger partial charge in [0.15, 0.2) is 17.5 Å². The van der Waals surface area contributed by atoms with Crippen molar-refractivity contribution in [1.29, 1.82) is 0 Å². The van der Waals surface area contributed by atoms with Crippen LogP contribution in [0.15, 0.2) is 44.7 Å². The molecule has 88 valence electrons. The Kier molecular flexibility index (Phi) is 3.63. The van der Waals surface area contributed by atoms with Gasteiger partial charge in [-0.15, -0.1) is 0 Å². The minimum absolute atomic E-state index is 0.0613. The Labute approximate surface area is 109 Å². The number of nitrogen functional groups attached to an aromatic ring is 1. The summed E-state index contributed by atoms with van der Waals surface area (Å²) in [6.07, 6.45) is 0. The molecule has 0 saturated heterocycles. The highest BCUT2D eigenvalue weighted by atomic mass is 79.9. The second-order valence-electron chi connectivity index (χ2n) is 3.20. The summed E-state index contributed by atoms with van der Waals surface area (Å²) in [7, 11) is 0. The fourth-order valence-electron chi connectivity index (χ4n) is 1.15. The van der Waals surface area contributed by atoms with Crippen LogP contribution in [0.5, 0.6) is 0 Å². The number of nitrogens with two attached hydrogens (primary N) is 1. The summed E-state index contributed by atoms with van der Waals surface area (Å²) in [5.41, 5.74) is 5.29. The van der Waals surface area contributed by atoms with E-state index in [9.17, 15) is 8.78 Å². The highest BCUT2D eigenvalue weighted by Gasteiger charge is 2.10. The summed E-state index contributed by atoms with van der Waals surface area (Å²) in [4.78, 5) is 4.47. The lowest BCUT2D eigenvalue weighted by Gasteiger charge is -2.04. The Morgan fingerprint density at radius 1 is 1.12 bits per heavy atom. The number of nitrogens with zero attached hydrogens (tertiary/aromatic N) is 1. The predicted octanol–water partition coefficient (Wildman–Crippen LogP) is 3.86. The van der Waals surface area contributed by atoms with Crippen molar-refractivity contribution in [3.8, 4) is 0 Å². The van der Waals surface area contributed by atoms with Gasteiger partial charge in [-0.3, -0.25) is 0 Å². The standard InChI is InChI=1S/C11H7BrF2N2S/c12-6-1-3-7(4-2-6)17-11-9(14)5-8(13)10(15)16-11/h1-5H,(H2,15,16). The predicted molar refractivity (Wildman–Crippen MR) is 66.8 cm³/mol. The highest BCUT2D eigenvalue weighted by molar-refractivity contribution is 9.10. The van der Waals surface area contributed by atoms with Gasteiger partial charge >= 0.3 is 0 Å². The number of rotatable bonds is 2. The molecule has 1 aromatic heterocycles. The minimum Gasteiger partial charge on any atom is -0.381 e. The quantitative estimate of drug-likeness (QED) is 0.914. The Morgan fingerprint density at radius 2 is 1.76 bits per heavy atom. The average Bonchev–Trinajstić information content (AvgIpc) is 2.29. The van der Waals surface area contributed by atoms with Gasteiger partial charge in [-0.05, 0) is 24.3 Å². The van der Waals surface area contributed by atoms with Gasteiger partial charge in [0.05, 0.1) is 0 Å². The first kappa shape index (κ1) is 12.3. The van der Waals surface area contributed by atoms with E-state index in [0.717, 1.165) is 27.2 Å². The Balaban J connectivity index is 2.30. The number of halogens is 3. The topological polar surface area (TPSA) is 38.9 Å². The number of pyridine rings is 1. The fraction of sp³-hybridized carbons (Fsp3) is 0. The van der Waals surface area contributed by atoms with Gasteiger partial charge in [-0.25, -0.2) is 13.8 Å². The second-order valence-corrected chi connectivity index (χ2v) is 5.18. The molecule has 2 N–H and O–H groups in total. The van der Waals surface area contributed by atoms with Crippen LogP contribution in [0.4, 0.5) is 14.6 Å². The van der Waals surface area contributed by atoms with E-state index in [1.807, 2.05) is 12.1 Å². The molecule has 0 aliphatic heterocycles. The number of hydrogen-bond acceptors (Lipinski definition) is 3. The Morgan fingerprint density at radius 3 is 2.41 bits per heavy atom. The zero-order valence-corrected chi connectivity index (χ0v) is 10.9. The fourth-order valence-corrected chi connectivity index (χ4v) is 2.21. The molecule has 1 aromatic carbocycles.